The van der Waals surface area contributed by atoms with Crippen LogP contribution in [-0.4, -0.2) is 22.3 Å². The number of fused-ring (bicyclic) bond motifs is 1. The molecular formula is C20H24N2O3. The number of ketones is 1. The number of Topliss-reactive ketones (excluding diaryl/α,β-unsaturated/α-hetero) is 1. The average molecular weight is 340 g/mol. The zero-order valence-corrected chi connectivity index (χ0v) is 15.0. The van der Waals surface area contributed by atoms with Gasteiger partial charge < -0.3 is 15.4 Å². The molecule has 5 nitrogen and oxygen atoms in total. The van der Waals surface area contributed by atoms with E-state index in [1.165, 1.54) is 12.5 Å². The highest BCUT2D eigenvalue weighted by molar-refractivity contribution is 5.98. The molecule has 0 fully saturated rings. The van der Waals surface area contributed by atoms with Crippen LogP contribution in [0.25, 0.3) is 10.9 Å². The van der Waals surface area contributed by atoms with E-state index >= 15 is 0 Å². The van der Waals surface area contributed by atoms with E-state index in [-0.39, 0.29) is 5.78 Å². The molecule has 0 spiro atoms. The molecule has 0 saturated carbocycles. The zero-order valence-electron chi connectivity index (χ0n) is 15.0. The Labute approximate surface area is 147 Å². The molecular weight excluding hydrogens is 316 g/mol. The van der Waals surface area contributed by atoms with Crippen molar-refractivity contribution in [3.63, 3.8) is 0 Å². The maximum atomic E-state index is 11.1. The normalized spacial score (nSPS) is 9.28. The van der Waals surface area contributed by atoms with Crippen molar-refractivity contribution in [1.82, 2.24) is 4.98 Å². The molecule has 0 radical (unpaired) electrons. The molecule has 0 saturated heterocycles. The Morgan fingerprint density at radius 3 is 2.24 bits per heavy atom. The van der Waals surface area contributed by atoms with Gasteiger partial charge in [0.25, 0.3) is 0 Å². The molecule has 1 aromatic heterocycles. The SMILES string of the molecule is CC.CC(=O)c1cc2cc(NC=O)ccc2[nH]1.Cc1ccc(O)cc1. The molecule has 0 bridgehead atoms. The van der Waals surface area contributed by atoms with Gasteiger partial charge in [-0.2, -0.15) is 0 Å². The summed E-state index contributed by atoms with van der Waals surface area (Å²) >= 11 is 0. The molecule has 25 heavy (non-hydrogen) atoms. The topological polar surface area (TPSA) is 82.2 Å². The van der Waals surface area contributed by atoms with E-state index in [1.807, 2.05) is 45.0 Å². The number of aromatic hydroxyl groups is 1. The van der Waals surface area contributed by atoms with Gasteiger partial charge in [-0.1, -0.05) is 31.5 Å². The number of phenolic OH excluding ortho intramolecular Hbond substituents is 1. The first kappa shape index (κ1) is 20.0. The molecule has 3 aromatic rings. The Hall–Kier alpha value is -3.08. The molecule has 0 atom stereocenters. The van der Waals surface area contributed by atoms with Gasteiger partial charge in [-0.15, -0.1) is 0 Å². The minimum Gasteiger partial charge on any atom is -0.508 e. The molecule has 5 heteroatoms. The van der Waals surface area contributed by atoms with Crippen molar-refractivity contribution in [3.05, 3.63) is 59.8 Å². The summed E-state index contributed by atoms with van der Waals surface area (Å²) in [6.07, 6.45) is 0.625. The maximum Gasteiger partial charge on any atom is 0.211 e. The van der Waals surface area contributed by atoms with Crippen LogP contribution in [0.1, 0.15) is 36.8 Å². The third kappa shape index (κ3) is 6.14. The third-order valence-corrected chi connectivity index (χ3v) is 3.26. The highest BCUT2D eigenvalue weighted by Crippen LogP contribution is 2.19. The number of hydrogen-bond acceptors (Lipinski definition) is 3. The zero-order chi connectivity index (χ0) is 18.8. The molecule has 0 aliphatic rings. The molecule has 3 rings (SSSR count). The largest absolute Gasteiger partial charge is 0.508 e. The summed E-state index contributed by atoms with van der Waals surface area (Å²) in [6.45, 7) is 7.49. The van der Waals surface area contributed by atoms with Crippen LogP contribution in [0.3, 0.4) is 0 Å². The number of rotatable bonds is 3. The molecule has 132 valence electrons. The Morgan fingerprint density at radius 1 is 1.08 bits per heavy atom. The Kier molecular flexibility index (Phi) is 7.93. The van der Waals surface area contributed by atoms with E-state index in [0.717, 1.165) is 10.9 Å². The molecule has 1 heterocycles. The predicted molar refractivity (Wildman–Crippen MR) is 102 cm³/mol. The number of hydrogen-bond donors (Lipinski definition) is 3. The van der Waals surface area contributed by atoms with Crippen LogP contribution >= 0.6 is 0 Å². The number of aromatic nitrogens is 1. The quantitative estimate of drug-likeness (QED) is 0.479. The van der Waals surface area contributed by atoms with Gasteiger partial charge in [0.2, 0.25) is 6.41 Å². The highest BCUT2D eigenvalue weighted by Gasteiger charge is 2.04. The van der Waals surface area contributed by atoms with Gasteiger partial charge in [0.15, 0.2) is 5.78 Å². The lowest BCUT2D eigenvalue weighted by molar-refractivity contribution is -0.105. The van der Waals surface area contributed by atoms with Crippen LogP contribution in [0.4, 0.5) is 5.69 Å². The number of amides is 1. The lowest BCUT2D eigenvalue weighted by Gasteiger charge is -1.96. The fraction of sp³-hybridized carbons (Fsp3) is 0.200. The number of phenols is 1. The Bertz CT molecular complexity index is 800. The van der Waals surface area contributed by atoms with E-state index in [9.17, 15) is 9.59 Å². The van der Waals surface area contributed by atoms with Crippen molar-refractivity contribution in [2.75, 3.05) is 5.32 Å². The van der Waals surface area contributed by atoms with E-state index < -0.39 is 0 Å². The van der Waals surface area contributed by atoms with Gasteiger partial charge in [-0.3, -0.25) is 9.59 Å². The fourth-order valence-corrected chi connectivity index (χ4v) is 2.02. The number of nitrogens with one attached hydrogen (secondary N) is 2. The molecule has 0 aliphatic carbocycles. The molecule has 0 unspecified atom stereocenters. The van der Waals surface area contributed by atoms with Gasteiger partial charge in [0.05, 0.1) is 5.69 Å². The molecule has 1 amide bonds. The first-order valence-electron chi connectivity index (χ1n) is 8.09. The van der Waals surface area contributed by atoms with Gasteiger partial charge in [0.1, 0.15) is 5.75 Å². The van der Waals surface area contributed by atoms with Crippen LogP contribution in [-0.2, 0) is 4.79 Å². The average Bonchev–Trinajstić information content (AvgIpc) is 3.04. The second-order valence-corrected chi connectivity index (χ2v) is 5.14. The van der Waals surface area contributed by atoms with Crippen LogP contribution < -0.4 is 5.32 Å². The molecule has 0 aliphatic heterocycles. The van der Waals surface area contributed by atoms with E-state index in [1.54, 1.807) is 24.3 Å². The van der Waals surface area contributed by atoms with E-state index in [2.05, 4.69) is 10.3 Å². The van der Waals surface area contributed by atoms with Crippen molar-refractivity contribution < 1.29 is 14.7 Å². The minimum atomic E-state index is -0.00361. The standard InChI is InChI=1S/C11H10N2O2.C7H8O.C2H6/c1-7(15)11-5-8-4-9(12-6-14)2-3-10(8)13-11;1-6-2-4-7(8)5-3-6;1-2/h2-6,13H,1H3,(H,12,14);2-5,8H,1H3;1-2H3. The summed E-state index contributed by atoms with van der Waals surface area (Å²) in [5, 5.41) is 12.2. The monoisotopic (exact) mass is 340 g/mol. The van der Waals surface area contributed by atoms with Crippen molar-refractivity contribution in [2.45, 2.75) is 27.7 Å². The summed E-state index contributed by atoms with van der Waals surface area (Å²) in [4.78, 5) is 24.4. The van der Waals surface area contributed by atoms with Gasteiger partial charge in [0, 0.05) is 23.5 Å². The van der Waals surface area contributed by atoms with Gasteiger partial charge in [-0.25, -0.2) is 0 Å². The Morgan fingerprint density at radius 2 is 1.72 bits per heavy atom. The van der Waals surface area contributed by atoms with E-state index in [0.29, 0.717) is 23.5 Å². The third-order valence-electron chi connectivity index (χ3n) is 3.26. The highest BCUT2D eigenvalue weighted by atomic mass is 16.3. The minimum absolute atomic E-state index is 0.00361. The van der Waals surface area contributed by atoms with Crippen molar-refractivity contribution in [3.8, 4) is 5.75 Å². The first-order valence-corrected chi connectivity index (χ1v) is 8.09. The number of aryl methyl sites for hydroxylation is 1. The van der Waals surface area contributed by atoms with Crippen LogP contribution in [0.15, 0.2) is 48.5 Å². The van der Waals surface area contributed by atoms with Crippen molar-refractivity contribution >= 4 is 28.8 Å². The van der Waals surface area contributed by atoms with Gasteiger partial charge in [-0.05, 0) is 43.3 Å². The van der Waals surface area contributed by atoms with Crippen LogP contribution in [0, 0.1) is 6.92 Å². The lowest BCUT2D eigenvalue weighted by Crippen LogP contribution is -1.92. The Balaban J connectivity index is 0.000000264. The number of carbonyl (C=O) groups is 2. The predicted octanol–water partition coefficient (Wildman–Crippen LogP) is 4.67. The molecule has 3 N–H and O–H groups in total. The van der Waals surface area contributed by atoms with Crippen molar-refractivity contribution in [1.29, 1.82) is 0 Å². The first-order chi connectivity index (χ1) is 12.0. The fourth-order valence-electron chi connectivity index (χ4n) is 2.02. The van der Waals surface area contributed by atoms with Crippen LogP contribution in [0.5, 0.6) is 5.75 Å². The summed E-state index contributed by atoms with van der Waals surface area (Å²) in [5.74, 6) is 0.326. The summed E-state index contributed by atoms with van der Waals surface area (Å²) in [7, 11) is 0. The number of benzene rings is 2. The summed E-state index contributed by atoms with van der Waals surface area (Å²) in [6, 6.07) is 14.3. The van der Waals surface area contributed by atoms with E-state index in [4.69, 9.17) is 5.11 Å². The number of carbonyl (C=O) groups excluding carboxylic acids is 2. The van der Waals surface area contributed by atoms with Crippen LogP contribution in [0.2, 0.25) is 0 Å². The number of aromatic amines is 1. The van der Waals surface area contributed by atoms with Gasteiger partial charge >= 0.3 is 0 Å². The maximum absolute atomic E-state index is 11.1. The summed E-state index contributed by atoms with van der Waals surface area (Å²) in [5.41, 5.74) is 3.35. The lowest BCUT2D eigenvalue weighted by atomic mass is 10.2. The second kappa shape index (κ2) is 9.93. The number of H-pyrrole nitrogens is 1. The summed E-state index contributed by atoms with van der Waals surface area (Å²) < 4.78 is 0. The molecule has 2 aromatic carbocycles. The van der Waals surface area contributed by atoms with Crippen molar-refractivity contribution in [2.24, 2.45) is 0 Å². The second-order valence-electron chi connectivity index (χ2n) is 5.14. The number of anilines is 1. The smallest absolute Gasteiger partial charge is 0.211 e.